The van der Waals surface area contributed by atoms with Crippen LogP contribution in [0.1, 0.15) is 20.3 Å². The normalized spacial score (nSPS) is 16.4. The minimum Gasteiger partial charge on any atom is -0.352 e. The van der Waals surface area contributed by atoms with Crippen LogP contribution < -0.4 is 10.2 Å². The van der Waals surface area contributed by atoms with Crippen molar-refractivity contribution in [3.05, 3.63) is 48.8 Å². The SMILES string of the molecule is CCN=C(NC(CC)CS(=O)(=O)c1ccccc1)N1CCN(c2ncccn2)CC1. The Bertz CT molecular complexity index is 913. The van der Waals surface area contributed by atoms with Crippen molar-refractivity contribution in [1.82, 2.24) is 20.2 Å². The van der Waals surface area contributed by atoms with Gasteiger partial charge in [-0.15, -0.1) is 0 Å². The van der Waals surface area contributed by atoms with Crippen LogP contribution in [0.4, 0.5) is 5.95 Å². The van der Waals surface area contributed by atoms with E-state index in [2.05, 4.69) is 30.1 Å². The van der Waals surface area contributed by atoms with Gasteiger partial charge >= 0.3 is 0 Å². The van der Waals surface area contributed by atoms with Crippen molar-refractivity contribution in [1.29, 1.82) is 0 Å². The van der Waals surface area contributed by atoms with E-state index in [1.165, 1.54) is 0 Å². The van der Waals surface area contributed by atoms with Gasteiger partial charge in [-0.05, 0) is 31.5 Å². The Labute approximate surface area is 179 Å². The summed E-state index contributed by atoms with van der Waals surface area (Å²) in [7, 11) is -3.37. The molecular weight excluding hydrogens is 400 g/mol. The number of aromatic nitrogens is 2. The monoisotopic (exact) mass is 430 g/mol. The van der Waals surface area contributed by atoms with E-state index >= 15 is 0 Å². The molecule has 9 heteroatoms. The zero-order valence-electron chi connectivity index (χ0n) is 17.6. The zero-order valence-corrected chi connectivity index (χ0v) is 18.4. The van der Waals surface area contributed by atoms with E-state index < -0.39 is 9.84 Å². The molecule has 0 saturated carbocycles. The lowest BCUT2D eigenvalue weighted by atomic mass is 10.2. The van der Waals surface area contributed by atoms with Crippen LogP contribution in [0.2, 0.25) is 0 Å². The second-order valence-corrected chi connectivity index (χ2v) is 9.20. The molecule has 1 N–H and O–H groups in total. The number of piperazine rings is 1. The van der Waals surface area contributed by atoms with Crippen molar-refractivity contribution in [3.63, 3.8) is 0 Å². The zero-order chi connectivity index (χ0) is 21.4. The molecule has 1 saturated heterocycles. The first-order valence-electron chi connectivity index (χ1n) is 10.4. The highest BCUT2D eigenvalue weighted by molar-refractivity contribution is 7.91. The fourth-order valence-corrected chi connectivity index (χ4v) is 5.01. The molecule has 3 rings (SSSR count). The van der Waals surface area contributed by atoms with Crippen molar-refractivity contribution in [2.75, 3.05) is 43.4 Å². The van der Waals surface area contributed by atoms with E-state index in [1.807, 2.05) is 26.0 Å². The molecule has 1 aromatic carbocycles. The lowest BCUT2D eigenvalue weighted by Gasteiger charge is -2.37. The van der Waals surface area contributed by atoms with Gasteiger partial charge < -0.3 is 15.1 Å². The van der Waals surface area contributed by atoms with Crippen molar-refractivity contribution >= 4 is 21.7 Å². The lowest BCUT2D eigenvalue weighted by molar-refractivity contribution is 0.364. The molecule has 30 heavy (non-hydrogen) atoms. The van der Waals surface area contributed by atoms with Crippen molar-refractivity contribution in [3.8, 4) is 0 Å². The van der Waals surface area contributed by atoms with Crippen LogP contribution in [0.3, 0.4) is 0 Å². The molecule has 0 aliphatic carbocycles. The van der Waals surface area contributed by atoms with Crippen molar-refractivity contribution in [2.24, 2.45) is 4.99 Å². The van der Waals surface area contributed by atoms with Crippen LogP contribution in [0, 0.1) is 0 Å². The summed E-state index contributed by atoms with van der Waals surface area (Å²) in [5.41, 5.74) is 0. The van der Waals surface area contributed by atoms with Crippen LogP contribution in [-0.4, -0.2) is 73.8 Å². The minimum atomic E-state index is -3.37. The van der Waals surface area contributed by atoms with Gasteiger partial charge in [0.2, 0.25) is 5.95 Å². The Morgan fingerprint density at radius 3 is 2.33 bits per heavy atom. The van der Waals surface area contributed by atoms with Crippen LogP contribution in [0.25, 0.3) is 0 Å². The molecule has 1 atom stereocenters. The number of aliphatic imine (C=N–C) groups is 1. The Balaban J connectivity index is 1.64. The standard InChI is InChI=1S/C21H30N6O2S/c1-3-18(17-30(28,29)19-9-6-5-7-10-19)25-21(22-4-2)27-15-13-26(14-16-27)20-23-11-8-12-24-20/h5-12,18H,3-4,13-17H2,1-2H3,(H,22,25). The van der Waals surface area contributed by atoms with E-state index in [0.29, 0.717) is 17.9 Å². The average Bonchev–Trinajstić information content (AvgIpc) is 2.79. The third-order valence-electron chi connectivity index (χ3n) is 5.07. The first kappa shape index (κ1) is 22.0. The average molecular weight is 431 g/mol. The molecule has 1 fully saturated rings. The second kappa shape index (κ2) is 10.4. The predicted octanol–water partition coefficient (Wildman–Crippen LogP) is 1.82. The summed E-state index contributed by atoms with van der Waals surface area (Å²) in [5, 5.41) is 3.40. The highest BCUT2D eigenvalue weighted by atomic mass is 32.2. The maximum absolute atomic E-state index is 12.8. The number of nitrogens with zero attached hydrogens (tertiary/aromatic N) is 5. The van der Waals surface area contributed by atoms with Crippen molar-refractivity contribution in [2.45, 2.75) is 31.2 Å². The number of hydrogen-bond acceptors (Lipinski definition) is 6. The third kappa shape index (κ3) is 5.69. The van der Waals surface area contributed by atoms with Gasteiger partial charge in [-0.3, -0.25) is 4.99 Å². The summed E-state index contributed by atoms with van der Waals surface area (Å²) < 4.78 is 25.6. The number of anilines is 1. The van der Waals surface area contributed by atoms with Gasteiger partial charge in [0.1, 0.15) is 0 Å². The number of nitrogens with one attached hydrogen (secondary N) is 1. The van der Waals surface area contributed by atoms with E-state index in [1.54, 1.807) is 36.7 Å². The first-order chi connectivity index (χ1) is 14.5. The van der Waals surface area contributed by atoms with Gasteiger partial charge in [0, 0.05) is 51.2 Å². The molecule has 0 bridgehead atoms. The van der Waals surface area contributed by atoms with E-state index in [9.17, 15) is 8.42 Å². The topological polar surface area (TPSA) is 90.8 Å². The number of rotatable bonds is 7. The molecule has 0 amide bonds. The Morgan fingerprint density at radius 1 is 1.07 bits per heavy atom. The first-order valence-corrected chi connectivity index (χ1v) is 12.0. The molecule has 0 spiro atoms. The summed E-state index contributed by atoms with van der Waals surface area (Å²) in [4.78, 5) is 18.0. The molecule has 8 nitrogen and oxygen atoms in total. The summed E-state index contributed by atoms with van der Waals surface area (Å²) in [5.74, 6) is 1.54. The molecule has 1 aliphatic rings. The maximum Gasteiger partial charge on any atom is 0.225 e. The van der Waals surface area contributed by atoms with Crippen molar-refractivity contribution < 1.29 is 8.42 Å². The van der Waals surface area contributed by atoms with Crippen LogP contribution in [-0.2, 0) is 9.84 Å². The summed E-state index contributed by atoms with van der Waals surface area (Å²) in [6, 6.07) is 10.2. The van der Waals surface area contributed by atoms with Gasteiger partial charge in [0.05, 0.1) is 10.6 Å². The predicted molar refractivity (Wildman–Crippen MR) is 120 cm³/mol. The highest BCUT2D eigenvalue weighted by Crippen LogP contribution is 2.14. The van der Waals surface area contributed by atoms with E-state index in [0.717, 1.165) is 38.1 Å². The molecular formula is C21H30N6O2S. The highest BCUT2D eigenvalue weighted by Gasteiger charge is 2.25. The van der Waals surface area contributed by atoms with Gasteiger partial charge in [-0.2, -0.15) is 0 Å². The second-order valence-electron chi connectivity index (χ2n) is 7.16. The largest absolute Gasteiger partial charge is 0.352 e. The van der Waals surface area contributed by atoms with Gasteiger partial charge in [-0.25, -0.2) is 18.4 Å². The maximum atomic E-state index is 12.8. The minimum absolute atomic E-state index is 0.0358. The Morgan fingerprint density at radius 2 is 1.73 bits per heavy atom. The fourth-order valence-electron chi connectivity index (χ4n) is 3.39. The van der Waals surface area contributed by atoms with E-state index in [4.69, 9.17) is 0 Å². The smallest absolute Gasteiger partial charge is 0.225 e. The van der Waals surface area contributed by atoms with Crippen LogP contribution in [0.15, 0.2) is 58.7 Å². The molecule has 2 aromatic rings. The molecule has 1 unspecified atom stereocenters. The fraction of sp³-hybridized carbons (Fsp3) is 0.476. The van der Waals surface area contributed by atoms with Gasteiger partial charge in [0.25, 0.3) is 0 Å². The Hall–Kier alpha value is -2.68. The number of hydrogen-bond donors (Lipinski definition) is 1. The molecule has 162 valence electrons. The van der Waals surface area contributed by atoms with Gasteiger partial charge in [-0.1, -0.05) is 25.1 Å². The summed E-state index contributed by atoms with van der Waals surface area (Å²) in [6.07, 6.45) is 4.19. The van der Waals surface area contributed by atoms with Crippen LogP contribution >= 0.6 is 0 Å². The number of guanidine groups is 1. The molecule has 2 heterocycles. The summed E-state index contributed by atoms with van der Waals surface area (Å²) in [6.45, 7) is 7.72. The number of benzene rings is 1. The molecule has 0 radical (unpaired) electrons. The molecule has 1 aliphatic heterocycles. The van der Waals surface area contributed by atoms with Gasteiger partial charge in [0.15, 0.2) is 15.8 Å². The Kier molecular flexibility index (Phi) is 7.62. The molecule has 1 aromatic heterocycles. The quantitative estimate of drug-likeness (QED) is 0.529. The van der Waals surface area contributed by atoms with Crippen LogP contribution in [0.5, 0.6) is 0 Å². The van der Waals surface area contributed by atoms with E-state index in [-0.39, 0.29) is 11.8 Å². The third-order valence-corrected chi connectivity index (χ3v) is 6.90. The lowest BCUT2D eigenvalue weighted by Crippen LogP contribution is -2.55. The number of sulfone groups is 1. The summed E-state index contributed by atoms with van der Waals surface area (Å²) >= 11 is 0.